The van der Waals surface area contributed by atoms with Crippen LogP contribution in [0.5, 0.6) is 5.75 Å². The van der Waals surface area contributed by atoms with Crippen LogP contribution >= 0.6 is 0 Å². The third-order valence-electron chi connectivity index (χ3n) is 2.78. The molecule has 0 spiro atoms. The van der Waals surface area contributed by atoms with Crippen molar-refractivity contribution in [2.45, 2.75) is 19.9 Å². The molecule has 0 unspecified atom stereocenters. The number of ether oxygens (including phenoxy) is 1. The minimum Gasteiger partial charge on any atom is -0.495 e. The number of rotatable bonds is 3. The molecule has 2 aromatic rings. The molecule has 0 N–H and O–H groups in total. The number of hydrogen-bond acceptors (Lipinski definition) is 3. The lowest BCUT2D eigenvalue weighted by molar-refractivity contribution is 0.413. The van der Waals surface area contributed by atoms with Gasteiger partial charge in [0.1, 0.15) is 11.8 Å². The summed E-state index contributed by atoms with van der Waals surface area (Å²) in [4.78, 5) is 0. The highest BCUT2D eigenvalue weighted by molar-refractivity contribution is 5.64. The van der Waals surface area contributed by atoms with Gasteiger partial charge in [0.25, 0.3) is 0 Å². The summed E-state index contributed by atoms with van der Waals surface area (Å²) in [6.45, 7) is 4.16. The molecule has 0 saturated carbocycles. The van der Waals surface area contributed by atoms with E-state index in [1.807, 2.05) is 22.9 Å². The second kappa shape index (κ2) is 4.92. The lowest BCUT2D eigenvalue weighted by atomic mass is 10.1. The Morgan fingerprint density at radius 2 is 2.11 bits per heavy atom. The Hall–Kier alpha value is -2.28. The quantitative estimate of drug-likeness (QED) is 0.830. The van der Waals surface area contributed by atoms with Crippen molar-refractivity contribution in [2.24, 2.45) is 0 Å². The van der Waals surface area contributed by atoms with E-state index in [9.17, 15) is 0 Å². The van der Waals surface area contributed by atoms with Gasteiger partial charge in [-0.1, -0.05) is 6.07 Å². The Kier molecular flexibility index (Phi) is 3.33. The highest BCUT2D eigenvalue weighted by atomic mass is 16.5. The lowest BCUT2D eigenvalue weighted by Crippen LogP contribution is -2.04. The second-order valence-corrected chi connectivity index (χ2v) is 4.28. The van der Waals surface area contributed by atoms with Crippen LogP contribution in [0.15, 0.2) is 30.5 Å². The van der Waals surface area contributed by atoms with Crippen LogP contribution < -0.4 is 4.74 Å². The van der Waals surface area contributed by atoms with E-state index in [1.54, 1.807) is 19.4 Å². The highest BCUT2D eigenvalue weighted by Crippen LogP contribution is 2.28. The van der Waals surface area contributed by atoms with Gasteiger partial charge in [-0.25, -0.2) is 0 Å². The maximum atomic E-state index is 8.97. The number of aromatic nitrogens is 2. The van der Waals surface area contributed by atoms with Gasteiger partial charge < -0.3 is 4.74 Å². The molecule has 92 valence electrons. The summed E-state index contributed by atoms with van der Waals surface area (Å²) < 4.78 is 7.17. The van der Waals surface area contributed by atoms with Crippen molar-refractivity contribution < 1.29 is 4.74 Å². The first-order valence-electron chi connectivity index (χ1n) is 5.79. The number of benzene rings is 1. The molecule has 0 saturated heterocycles. The normalized spacial score (nSPS) is 10.4. The summed E-state index contributed by atoms with van der Waals surface area (Å²) in [5, 5.41) is 13.3. The zero-order chi connectivity index (χ0) is 13.1. The average molecular weight is 241 g/mol. The van der Waals surface area contributed by atoms with Crippen LogP contribution in [-0.2, 0) is 0 Å². The first-order valence-corrected chi connectivity index (χ1v) is 5.79. The molecule has 0 atom stereocenters. The molecule has 1 aromatic heterocycles. The van der Waals surface area contributed by atoms with Crippen LogP contribution in [0, 0.1) is 11.3 Å². The number of nitriles is 1. The molecule has 0 aliphatic carbocycles. The molecular weight excluding hydrogens is 226 g/mol. The predicted octanol–water partition coefficient (Wildman–Crippen LogP) is 3.01. The van der Waals surface area contributed by atoms with Gasteiger partial charge in [0, 0.05) is 17.8 Å². The largest absolute Gasteiger partial charge is 0.495 e. The van der Waals surface area contributed by atoms with Crippen LogP contribution in [0.2, 0.25) is 0 Å². The molecule has 1 aromatic carbocycles. The van der Waals surface area contributed by atoms with Crippen LogP contribution in [0.3, 0.4) is 0 Å². The maximum Gasteiger partial charge on any atom is 0.137 e. The summed E-state index contributed by atoms with van der Waals surface area (Å²) in [7, 11) is 1.57. The van der Waals surface area contributed by atoms with E-state index < -0.39 is 0 Å². The topological polar surface area (TPSA) is 50.8 Å². The van der Waals surface area contributed by atoms with E-state index in [4.69, 9.17) is 10.00 Å². The Bertz CT molecular complexity index is 593. The standard InChI is InChI=1S/C14H15N3O/c1-10(2)17-13(6-7-16-17)11-4-5-12(9-15)14(8-11)18-3/h4-8,10H,1-3H3. The summed E-state index contributed by atoms with van der Waals surface area (Å²) >= 11 is 0. The molecule has 1 heterocycles. The third-order valence-corrected chi connectivity index (χ3v) is 2.78. The summed E-state index contributed by atoms with van der Waals surface area (Å²) in [6, 6.07) is 9.91. The molecule has 0 aliphatic heterocycles. The Balaban J connectivity index is 2.52. The minimum absolute atomic E-state index is 0.289. The highest BCUT2D eigenvalue weighted by Gasteiger charge is 2.11. The van der Waals surface area contributed by atoms with Gasteiger partial charge in [-0.15, -0.1) is 0 Å². The molecule has 4 heteroatoms. The van der Waals surface area contributed by atoms with Crippen molar-refractivity contribution >= 4 is 0 Å². The molecule has 2 rings (SSSR count). The van der Waals surface area contributed by atoms with E-state index in [1.165, 1.54) is 0 Å². The summed E-state index contributed by atoms with van der Waals surface area (Å²) in [5.41, 5.74) is 2.56. The van der Waals surface area contributed by atoms with E-state index in [0.717, 1.165) is 11.3 Å². The summed E-state index contributed by atoms with van der Waals surface area (Å²) in [6.07, 6.45) is 1.78. The fourth-order valence-corrected chi connectivity index (χ4v) is 1.90. The Morgan fingerprint density at radius 1 is 1.33 bits per heavy atom. The zero-order valence-electron chi connectivity index (χ0n) is 10.7. The fraction of sp³-hybridized carbons (Fsp3) is 0.286. The SMILES string of the molecule is COc1cc(-c2ccnn2C(C)C)ccc1C#N. The molecule has 0 fully saturated rings. The van der Waals surface area contributed by atoms with Gasteiger partial charge in [-0.3, -0.25) is 4.68 Å². The van der Waals surface area contributed by atoms with Crippen LogP contribution in [-0.4, -0.2) is 16.9 Å². The van der Waals surface area contributed by atoms with Crippen LogP contribution in [0.1, 0.15) is 25.5 Å². The van der Waals surface area contributed by atoms with Gasteiger partial charge >= 0.3 is 0 Å². The first kappa shape index (κ1) is 12.2. The molecule has 4 nitrogen and oxygen atoms in total. The maximum absolute atomic E-state index is 8.97. The first-order chi connectivity index (χ1) is 8.67. The van der Waals surface area contributed by atoms with Gasteiger partial charge in [-0.05, 0) is 32.0 Å². The monoisotopic (exact) mass is 241 g/mol. The third kappa shape index (κ3) is 2.07. The van der Waals surface area contributed by atoms with Crippen molar-refractivity contribution in [2.75, 3.05) is 7.11 Å². The van der Waals surface area contributed by atoms with Crippen LogP contribution in [0.25, 0.3) is 11.3 Å². The molecule has 0 aliphatic rings. The number of hydrogen-bond donors (Lipinski definition) is 0. The van der Waals surface area contributed by atoms with Gasteiger partial charge in [0.2, 0.25) is 0 Å². The zero-order valence-corrected chi connectivity index (χ0v) is 10.7. The molecular formula is C14H15N3O. The van der Waals surface area contributed by atoms with Gasteiger partial charge in [0.15, 0.2) is 0 Å². The van der Waals surface area contributed by atoms with Gasteiger partial charge in [-0.2, -0.15) is 10.4 Å². The van der Waals surface area contributed by atoms with E-state index in [2.05, 4.69) is 25.0 Å². The number of methoxy groups -OCH3 is 1. The smallest absolute Gasteiger partial charge is 0.137 e. The second-order valence-electron chi connectivity index (χ2n) is 4.28. The van der Waals surface area contributed by atoms with E-state index in [-0.39, 0.29) is 6.04 Å². The van der Waals surface area contributed by atoms with Crippen LogP contribution in [0.4, 0.5) is 0 Å². The molecule has 0 amide bonds. The van der Waals surface area contributed by atoms with Crippen molar-refractivity contribution in [1.29, 1.82) is 5.26 Å². The van der Waals surface area contributed by atoms with Crippen molar-refractivity contribution in [1.82, 2.24) is 9.78 Å². The Labute approximate surface area is 106 Å². The van der Waals surface area contributed by atoms with Crippen molar-refractivity contribution in [3.8, 4) is 23.1 Å². The predicted molar refractivity (Wildman–Crippen MR) is 69.3 cm³/mol. The van der Waals surface area contributed by atoms with E-state index >= 15 is 0 Å². The summed E-state index contributed by atoms with van der Waals surface area (Å²) in [5.74, 6) is 0.589. The number of nitrogens with zero attached hydrogens (tertiary/aromatic N) is 3. The molecule has 0 bridgehead atoms. The van der Waals surface area contributed by atoms with Gasteiger partial charge in [0.05, 0.1) is 18.4 Å². The van der Waals surface area contributed by atoms with E-state index in [0.29, 0.717) is 11.3 Å². The molecule has 0 radical (unpaired) electrons. The lowest BCUT2D eigenvalue weighted by Gasteiger charge is -2.12. The Morgan fingerprint density at radius 3 is 2.72 bits per heavy atom. The average Bonchev–Trinajstić information content (AvgIpc) is 2.87. The minimum atomic E-state index is 0.289. The van der Waals surface area contributed by atoms with Crippen molar-refractivity contribution in [3.05, 3.63) is 36.0 Å². The fourth-order valence-electron chi connectivity index (χ4n) is 1.90. The molecule has 18 heavy (non-hydrogen) atoms. The van der Waals surface area contributed by atoms with Crippen molar-refractivity contribution in [3.63, 3.8) is 0 Å².